The summed E-state index contributed by atoms with van der Waals surface area (Å²) in [6.45, 7) is 0.484. The third kappa shape index (κ3) is 6.54. The molecule has 45 heavy (non-hydrogen) atoms. The van der Waals surface area contributed by atoms with Crippen LogP contribution in [-0.2, 0) is 25.7 Å². The highest BCUT2D eigenvalue weighted by Gasteiger charge is 2.53. The third-order valence-electron chi connectivity index (χ3n) is 7.55. The minimum absolute atomic E-state index is 0.0514. The molecule has 0 N–H and O–H groups in total. The number of rotatable bonds is 8. The van der Waals surface area contributed by atoms with Gasteiger partial charge in [-0.15, -0.1) is 0 Å². The molecular weight excluding hydrogens is 630 g/mol. The molecule has 15 heteroatoms. The highest BCUT2D eigenvalue weighted by molar-refractivity contribution is 7.92. The maximum atomic E-state index is 14.3. The van der Waals surface area contributed by atoms with E-state index < -0.39 is 61.8 Å². The lowest BCUT2D eigenvalue weighted by atomic mass is 9.86. The Kier molecular flexibility index (Phi) is 8.23. The summed E-state index contributed by atoms with van der Waals surface area (Å²) in [6, 6.07) is 10.5. The lowest BCUT2D eigenvalue weighted by Crippen LogP contribution is -2.72. The second kappa shape index (κ2) is 11.4. The lowest BCUT2D eigenvalue weighted by Gasteiger charge is -2.55. The van der Waals surface area contributed by atoms with Gasteiger partial charge in [0.1, 0.15) is 17.3 Å². The number of carbonyl (C=O) groups excluding carboxylic acids is 1. The highest BCUT2D eigenvalue weighted by Crippen LogP contribution is 2.46. The smallest absolute Gasteiger partial charge is 0.416 e. The predicted octanol–water partition coefficient (Wildman–Crippen LogP) is 5.95. The maximum Gasteiger partial charge on any atom is 0.416 e. The number of carbonyl (C=O) groups is 1. The second-order valence-corrected chi connectivity index (χ2v) is 13.4. The van der Waals surface area contributed by atoms with E-state index in [1.54, 1.807) is 13.8 Å². The molecule has 1 spiro atoms. The molecule has 242 valence electrons. The first-order valence-corrected chi connectivity index (χ1v) is 15.0. The molecular formula is C30H28F6N2O6S. The number of hydrogen-bond acceptors (Lipinski definition) is 7. The van der Waals surface area contributed by atoms with E-state index in [0.717, 1.165) is 40.7 Å². The van der Waals surface area contributed by atoms with Crippen LogP contribution in [0.2, 0.25) is 0 Å². The van der Waals surface area contributed by atoms with Crippen molar-refractivity contribution in [2.24, 2.45) is 5.41 Å². The number of hydrogen-bond donors (Lipinski definition) is 0. The lowest BCUT2D eigenvalue weighted by molar-refractivity contribution is -0.155. The molecule has 3 aromatic carbocycles. The summed E-state index contributed by atoms with van der Waals surface area (Å²) in [5, 5.41) is 0. The van der Waals surface area contributed by atoms with E-state index in [0.29, 0.717) is 6.07 Å². The molecule has 3 aromatic rings. The first kappa shape index (κ1) is 32.4. The molecule has 2 aliphatic heterocycles. The van der Waals surface area contributed by atoms with E-state index in [2.05, 4.69) is 4.74 Å². The summed E-state index contributed by atoms with van der Waals surface area (Å²) in [6.07, 6.45) is -4.81. The van der Waals surface area contributed by atoms with Gasteiger partial charge in [-0.2, -0.15) is 22.0 Å². The summed E-state index contributed by atoms with van der Waals surface area (Å²) in [4.78, 5) is 13.5. The van der Waals surface area contributed by atoms with Crippen LogP contribution in [0.4, 0.5) is 32.0 Å². The summed E-state index contributed by atoms with van der Waals surface area (Å²) in [5.74, 6) is -1.73. The second-order valence-electron chi connectivity index (χ2n) is 11.6. The average Bonchev–Trinajstić information content (AvgIpc) is 2.94. The number of benzene rings is 3. The molecule has 2 heterocycles. The quantitative estimate of drug-likeness (QED) is 0.218. The summed E-state index contributed by atoms with van der Waals surface area (Å²) in [5.41, 5.74) is -2.95. The van der Waals surface area contributed by atoms with Gasteiger partial charge in [0.15, 0.2) is 5.60 Å². The number of likely N-dealkylation sites (tertiary alicyclic amines) is 1. The van der Waals surface area contributed by atoms with E-state index in [1.165, 1.54) is 25.3 Å². The molecule has 5 rings (SSSR count). The van der Waals surface area contributed by atoms with Gasteiger partial charge < -0.3 is 14.2 Å². The van der Waals surface area contributed by atoms with Crippen molar-refractivity contribution in [3.63, 3.8) is 0 Å². The van der Waals surface area contributed by atoms with Gasteiger partial charge in [-0.1, -0.05) is 12.1 Å². The average molecular weight is 659 g/mol. The van der Waals surface area contributed by atoms with E-state index in [4.69, 9.17) is 9.47 Å². The molecule has 0 radical (unpaired) electrons. The normalized spacial score (nSPS) is 16.6. The van der Waals surface area contributed by atoms with Crippen molar-refractivity contribution in [2.75, 3.05) is 37.6 Å². The highest BCUT2D eigenvalue weighted by atomic mass is 32.2. The van der Waals surface area contributed by atoms with Crippen LogP contribution in [0.15, 0.2) is 65.6 Å². The standard InChI is InChI=1S/C30H28F6N2O6S/c1-28(2,26(39)42-3)14-37-15-29(16-37)17-38(45(40,41)23-6-4-5-20(12-23)30(34,35)36)24-11-18(7-8-25(24)44-29)19-9-21(31)13-22(10-19)43-27(32)33/h4-13,27H,14-17H2,1-3H3. The Labute approximate surface area is 255 Å². The van der Waals surface area contributed by atoms with Gasteiger partial charge in [0.2, 0.25) is 0 Å². The van der Waals surface area contributed by atoms with Gasteiger partial charge in [-0.3, -0.25) is 14.0 Å². The van der Waals surface area contributed by atoms with Crippen LogP contribution in [0.25, 0.3) is 11.1 Å². The van der Waals surface area contributed by atoms with Crippen LogP contribution in [0.5, 0.6) is 11.5 Å². The molecule has 0 aromatic heterocycles. The Bertz CT molecular complexity index is 1720. The van der Waals surface area contributed by atoms with Crippen molar-refractivity contribution < 1.29 is 53.8 Å². The number of ether oxygens (including phenoxy) is 3. The van der Waals surface area contributed by atoms with Gasteiger partial charge in [0.05, 0.1) is 35.2 Å². The molecule has 0 bridgehead atoms. The number of nitrogens with zero attached hydrogens (tertiary/aromatic N) is 2. The minimum Gasteiger partial charge on any atom is -0.480 e. The van der Waals surface area contributed by atoms with Gasteiger partial charge >= 0.3 is 18.8 Å². The van der Waals surface area contributed by atoms with Crippen molar-refractivity contribution in [2.45, 2.75) is 37.1 Å². The van der Waals surface area contributed by atoms with Crippen molar-refractivity contribution in [3.8, 4) is 22.6 Å². The van der Waals surface area contributed by atoms with E-state index in [1.807, 2.05) is 4.90 Å². The largest absolute Gasteiger partial charge is 0.480 e. The van der Waals surface area contributed by atoms with E-state index in [-0.39, 0.29) is 48.7 Å². The number of anilines is 1. The zero-order chi connectivity index (χ0) is 32.9. The molecule has 2 aliphatic rings. The summed E-state index contributed by atoms with van der Waals surface area (Å²) in [7, 11) is -3.38. The SMILES string of the molecule is COC(=O)C(C)(C)CN1CC2(C1)CN(S(=O)(=O)c1cccc(C(F)(F)F)c1)c1cc(-c3cc(F)cc(OC(F)F)c3)ccc1O2. The molecule has 0 unspecified atom stereocenters. The fourth-order valence-corrected chi connectivity index (χ4v) is 7.20. The van der Waals surface area contributed by atoms with Gasteiger partial charge in [-0.25, -0.2) is 12.8 Å². The monoisotopic (exact) mass is 658 g/mol. The summed E-state index contributed by atoms with van der Waals surface area (Å²) >= 11 is 0. The van der Waals surface area contributed by atoms with Crippen molar-refractivity contribution >= 4 is 21.7 Å². The molecule has 0 amide bonds. The molecule has 0 atom stereocenters. The van der Waals surface area contributed by atoms with Crippen molar-refractivity contribution in [1.82, 2.24) is 4.90 Å². The van der Waals surface area contributed by atoms with Crippen LogP contribution in [0, 0.1) is 11.2 Å². The molecule has 0 saturated carbocycles. The Morgan fingerprint density at radius 3 is 2.36 bits per heavy atom. The first-order chi connectivity index (χ1) is 20.9. The Hall–Kier alpha value is -3.98. The minimum atomic E-state index is -4.81. The van der Waals surface area contributed by atoms with Gasteiger partial charge in [0, 0.05) is 25.7 Å². The van der Waals surface area contributed by atoms with Crippen LogP contribution in [0.1, 0.15) is 19.4 Å². The number of fused-ring (bicyclic) bond motifs is 1. The number of halogens is 6. The Balaban J connectivity index is 1.56. The predicted molar refractivity (Wildman–Crippen MR) is 150 cm³/mol. The topological polar surface area (TPSA) is 85.4 Å². The molecule has 1 fully saturated rings. The zero-order valence-electron chi connectivity index (χ0n) is 24.2. The molecule has 1 saturated heterocycles. The van der Waals surface area contributed by atoms with E-state index >= 15 is 0 Å². The zero-order valence-corrected chi connectivity index (χ0v) is 25.0. The van der Waals surface area contributed by atoms with Crippen LogP contribution >= 0.6 is 0 Å². The number of methoxy groups -OCH3 is 1. The fraction of sp³-hybridized carbons (Fsp3) is 0.367. The summed E-state index contributed by atoms with van der Waals surface area (Å²) < 4.78 is 125. The maximum absolute atomic E-state index is 14.3. The number of sulfonamides is 1. The van der Waals surface area contributed by atoms with Crippen LogP contribution in [0.3, 0.4) is 0 Å². The molecule has 8 nitrogen and oxygen atoms in total. The molecule has 0 aliphatic carbocycles. The third-order valence-corrected chi connectivity index (χ3v) is 9.30. The first-order valence-electron chi connectivity index (χ1n) is 13.5. The number of esters is 1. The Morgan fingerprint density at radius 1 is 1.00 bits per heavy atom. The fourth-order valence-electron chi connectivity index (χ4n) is 5.61. The van der Waals surface area contributed by atoms with Crippen molar-refractivity contribution in [1.29, 1.82) is 0 Å². The number of alkyl halides is 5. The van der Waals surface area contributed by atoms with Crippen molar-refractivity contribution in [3.05, 3.63) is 72.0 Å². The van der Waals surface area contributed by atoms with Gasteiger partial charge in [-0.05, 0) is 67.4 Å². The van der Waals surface area contributed by atoms with E-state index in [9.17, 15) is 39.6 Å². The Morgan fingerprint density at radius 2 is 1.71 bits per heavy atom. The van der Waals surface area contributed by atoms with Crippen LogP contribution in [-0.4, -0.2) is 64.8 Å². The van der Waals surface area contributed by atoms with Gasteiger partial charge in [0.25, 0.3) is 10.0 Å². The van der Waals surface area contributed by atoms with Crippen LogP contribution < -0.4 is 13.8 Å².